The number of thioether (sulfide) groups is 2. The van der Waals surface area contributed by atoms with Gasteiger partial charge in [0.2, 0.25) is 11.1 Å². The largest absolute Gasteiger partial charge is 0.477 e. The molecule has 41 heavy (non-hydrogen) atoms. The number of hydrogen-bond donors (Lipinski definition) is 3. The van der Waals surface area contributed by atoms with Crippen molar-refractivity contribution in [2.45, 2.75) is 29.5 Å². The molecule has 3 aromatic rings. The van der Waals surface area contributed by atoms with Gasteiger partial charge in [-0.05, 0) is 28.5 Å². The van der Waals surface area contributed by atoms with Crippen LogP contribution in [0.25, 0.3) is 0 Å². The summed E-state index contributed by atoms with van der Waals surface area (Å²) in [5.41, 5.74) is 0.933. The van der Waals surface area contributed by atoms with Crippen LogP contribution in [0.2, 0.25) is 0 Å². The zero-order valence-electron chi connectivity index (χ0n) is 21.6. The average molecular weight is 618 g/mol. The van der Waals surface area contributed by atoms with E-state index in [0.29, 0.717) is 27.1 Å². The van der Waals surface area contributed by atoms with Crippen LogP contribution < -0.4 is 15.4 Å². The molecular formula is C23H23N9O6S3. The fourth-order valence-electron chi connectivity index (χ4n) is 4.14. The van der Waals surface area contributed by atoms with Crippen LogP contribution in [0, 0.1) is 6.92 Å². The number of carboxylic acid groups (broad SMARTS) is 1. The van der Waals surface area contributed by atoms with E-state index in [1.807, 2.05) is 0 Å². The van der Waals surface area contributed by atoms with E-state index in [-0.39, 0.29) is 16.6 Å². The third kappa shape index (κ3) is 6.18. The smallest absolute Gasteiger partial charge is 0.352 e. The molecule has 15 nitrogen and oxygen atoms in total. The number of nitrogens with zero attached hydrogens (tertiary/aromatic N) is 7. The molecule has 0 radical (unpaired) electrons. The minimum atomic E-state index is -1.24. The van der Waals surface area contributed by atoms with Gasteiger partial charge in [0.15, 0.2) is 6.61 Å². The fraction of sp³-hybridized carbons (Fsp3) is 0.348. The Morgan fingerprint density at radius 3 is 2.66 bits per heavy atom. The summed E-state index contributed by atoms with van der Waals surface area (Å²) in [4.78, 5) is 52.6. The van der Waals surface area contributed by atoms with Crippen LogP contribution in [0.1, 0.15) is 16.6 Å². The number of carbonyl (C=O) groups excluding carboxylic acids is 3. The van der Waals surface area contributed by atoms with Crippen molar-refractivity contribution in [2.24, 2.45) is 7.05 Å². The van der Waals surface area contributed by atoms with Gasteiger partial charge in [-0.15, -0.1) is 27.1 Å². The number of carboxylic acids is 1. The number of carbonyl (C=O) groups is 4. The number of amides is 3. The molecule has 18 heteroatoms. The van der Waals surface area contributed by atoms with Crippen molar-refractivity contribution in [1.29, 1.82) is 0 Å². The quantitative estimate of drug-likeness (QED) is 0.194. The van der Waals surface area contributed by atoms with E-state index in [2.05, 4.69) is 36.4 Å². The van der Waals surface area contributed by atoms with Crippen LogP contribution in [-0.2, 0) is 26.2 Å². The SMILES string of the molecule is Cc1nnc(OCC(=O)NC(C(=O)NC2C(=O)N3C(C(=O)O)=C(CSc4nnnn4C)CS[C@@H]23)c2ccccc2)s1. The number of benzene rings is 1. The van der Waals surface area contributed by atoms with Crippen LogP contribution in [0.4, 0.5) is 0 Å². The molecule has 1 aromatic carbocycles. The predicted octanol–water partition coefficient (Wildman–Crippen LogP) is 0.137. The Kier molecular flexibility index (Phi) is 8.50. The molecule has 0 aliphatic carbocycles. The topological polar surface area (TPSA) is 194 Å². The lowest BCUT2D eigenvalue weighted by Crippen LogP contribution is -2.71. The van der Waals surface area contributed by atoms with E-state index < -0.39 is 47.8 Å². The zero-order chi connectivity index (χ0) is 29.1. The summed E-state index contributed by atoms with van der Waals surface area (Å²) in [6.07, 6.45) is 0. The number of nitrogens with one attached hydrogen (secondary N) is 2. The summed E-state index contributed by atoms with van der Waals surface area (Å²) in [6.45, 7) is 1.36. The first kappa shape index (κ1) is 28.5. The van der Waals surface area contributed by atoms with E-state index >= 15 is 0 Å². The van der Waals surface area contributed by atoms with E-state index in [9.17, 15) is 24.3 Å². The molecule has 3 amide bonds. The molecule has 1 fully saturated rings. The Hall–Kier alpha value is -4.03. The molecule has 0 saturated carbocycles. The van der Waals surface area contributed by atoms with Gasteiger partial charge in [0.1, 0.15) is 28.2 Å². The molecule has 3 atom stereocenters. The second-order valence-electron chi connectivity index (χ2n) is 8.81. The van der Waals surface area contributed by atoms with Crippen LogP contribution >= 0.6 is 34.9 Å². The summed E-state index contributed by atoms with van der Waals surface area (Å²) in [6, 6.07) is 6.45. The number of aromatic nitrogens is 6. The lowest BCUT2D eigenvalue weighted by Gasteiger charge is -2.49. The molecule has 3 N–H and O–H groups in total. The molecule has 0 bridgehead atoms. The highest BCUT2D eigenvalue weighted by atomic mass is 32.2. The summed E-state index contributed by atoms with van der Waals surface area (Å²) >= 11 is 3.79. The Balaban J connectivity index is 1.26. The van der Waals surface area contributed by atoms with Gasteiger partial charge in [-0.3, -0.25) is 19.3 Å². The lowest BCUT2D eigenvalue weighted by atomic mass is 10.0. The molecule has 2 aliphatic heterocycles. The number of hydrogen-bond acceptors (Lipinski definition) is 13. The number of ether oxygens (including phenoxy) is 1. The standard InChI is InChI=1S/C23H23N9O6S3/c1-11-26-28-23(41-11)38-8-14(33)24-15(12-6-4-3-5-7-12)18(34)25-16-19(35)32-17(21(36)37)13(9-39-20(16)32)10-40-22-27-29-30-31(22)2/h3-7,15-16,20H,8-10H2,1-2H3,(H,24,33)(H,25,34)(H,36,37)/t15?,16?,20-/m0/s1. The van der Waals surface area contributed by atoms with Gasteiger partial charge in [0.05, 0.1) is 0 Å². The molecule has 2 aromatic heterocycles. The minimum absolute atomic E-state index is 0.108. The summed E-state index contributed by atoms with van der Waals surface area (Å²) in [7, 11) is 1.67. The first-order valence-electron chi connectivity index (χ1n) is 12.1. The summed E-state index contributed by atoms with van der Waals surface area (Å²) < 4.78 is 6.83. The van der Waals surface area contributed by atoms with Crippen molar-refractivity contribution in [2.75, 3.05) is 18.1 Å². The highest BCUT2D eigenvalue weighted by Gasteiger charge is 2.54. The highest BCUT2D eigenvalue weighted by Crippen LogP contribution is 2.41. The molecule has 2 unspecified atom stereocenters. The first-order valence-corrected chi connectivity index (χ1v) is 14.9. The van der Waals surface area contributed by atoms with Gasteiger partial charge in [-0.25, -0.2) is 9.48 Å². The molecular weight excluding hydrogens is 595 g/mol. The van der Waals surface area contributed by atoms with Crippen molar-refractivity contribution >= 4 is 58.6 Å². The highest BCUT2D eigenvalue weighted by molar-refractivity contribution is 8.01. The maximum atomic E-state index is 13.4. The Morgan fingerprint density at radius 1 is 1.22 bits per heavy atom. The van der Waals surface area contributed by atoms with E-state index in [1.54, 1.807) is 44.3 Å². The Morgan fingerprint density at radius 2 is 2.00 bits per heavy atom. The number of rotatable bonds is 11. The molecule has 4 heterocycles. The molecule has 214 valence electrons. The molecule has 0 spiro atoms. The number of aryl methyl sites for hydroxylation is 2. The van der Waals surface area contributed by atoms with Crippen molar-refractivity contribution in [3.05, 3.63) is 52.2 Å². The van der Waals surface area contributed by atoms with Gasteiger partial charge in [0, 0.05) is 18.6 Å². The van der Waals surface area contributed by atoms with Crippen molar-refractivity contribution in [1.82, 2.24) is 45.9 Å². The lowest BCUT2D eigenvalue weighted by molar-refractivity contribution is -0.151. The van der Waals surface area contributed by atoms with Crippen molar-refractivity contribution in [3.8, 4) is 5.19 Å². The average Bonchev–Trinajstić information content (AvgIpc) is 3.58. The monoisotopic (exact) mass is 617 g/mol. The first-order chi connectivity index (χ1) is 19.7. The normalized spacial score (nSPS) is 18.8. The summed E-state index contributed by atoms with van der Waals surface area (Å²) in [5.74, 6) is -2.37. The Bertz CT molecular complexity index is 1510. The van der Waals surface area contributed by atoms with Gasteiger partial charge < -0.3 is 20.5 Å². The number of aliphatic carboxylic acids is 1. The number of tetrazole rings is 1. The van der Waals surface area contributed by atoms with Crippen LogP contribution in [-0.4, -0.2) is 93.6 Å². The maximum absolute atomic E-state index is 13.4. The van der Waals surface area contributed by atoms with E-state index in [0.717, 1.165) is 0 Å². The van der Waals surface area contributed by atoms with Crippen molar-refractivity contribution < 1.29 is 29.0 Å². The Labute approximate surface area is 245 Å². The van der Waals surface area contributed by atoms with Crippen LogP contribution in [0.3, 0.4) is 0 Å². The molecule has 2 aliphatic rings. The third-order valence-corrected chi connectivity index (χ3v) is 9.23. The predicted molar refractivity (Wildman–Crippen MR) is 147 cm³/mol. The van der Waals surface area contributed by atoms with Gasteiger partial charge in [0.25, 0.3) is 17.0 Å². The minimum Gasteiger partial charge on any atom is -0.477 e. The van der Waals surface area contributed by atoms with Gasteiger partial charge in [-0.1, -0.05) is 53.4 Å². The van der Waals surface area contributed by atoms with E-state index in [1.165, 1.54) is 44.4 Å². The maximum Gasteiger partial charge on any atom is 0.352 e. The second-order valence-corrected chi connectivity index (χ2v) is 12.0. The molecule has 5 rings (SSSR count). The fourth-order valence-corrected chi connectivity index (χ4v) is 7.01. The van der Waals surface area contributed by atoms with Crippen molar-refractivity contribution in [3.63, 3.8) is 0 Å². The second kappa shape index (κ2) is 12.2. The number of fused-ring (bicyclic) bond motifs is 1. The third-order valence-electron chi connectivity index (χ3n) is 6.04. The molecule has 1 saturated heterocycles. The summed E-state index contributed by atoms with van der Waals surface area (Å²) in [5, 5.41) is 34.9. The number of β-lactam (4-membered cyclic amide) rings is 1. The van der Waals surface area contributed by atoms with Gasteiger partial charge in [-0.2, -0.15) is 0 Å². The zero-order valence-corrected chi connectivity index (χ0v) is 24.0. The van der Waals surface area contributed by atoms with E-state index in [4.69, 9.17) is 4.74 Å². The van der Waals surface area contributed by atoms with Crippen LogP contribution in [0.5, 0.6) is 5.19 Å². The van der Waals surface area contributed by atoms with Crippen LogP contribution in [0.15, 0.2) is 46.8 Å². The van der Waals surface area contributed by atoms with Gasteiger partial charge >= 0.3 is 5.97 Å².